The van der Waals surface area contributed by atoms with Crippen LogP contribution in [0.2, 0.25) is 0 Å². The number of likely N-dealkylation sites (tertiary alicyclic amines) is 1. The Bertz CT molecular complexity index is 1400. The molecule has 11 heteroatoms. The van der Waals surface area contributed by atoms with Crippen molar-refractivity contribution < 1.29 is 18.8 Å². The number of hydrogen-bond donors (Lipinski definition) is 1. The molecule has 1 aromatic carbocycles. The molecule has 2 saturated heterocycles. The first-order valence-corrected chi connectivity index (χ1v) is 14.5. The molecule has 1 aliphatic carbocycles. The van der Waals surface area contributed by atoms with E-state index in [9.17, 15) is 14.4 Å². The van der Waals surface area contributed by atoms with E-state index in [0.717, 1.165) is 69.9 Å². The Morgan fingerprint density at radius 1 is 1.02 bits per heavy atom. The molecule has 3 fully saturated rings. The van der Waals surface area contributed by atoms with Gasteiger partial charge in [-0.05, 0) is 56.4 Å². The number of Topliss-reactive ketones (excluding diaryl/α,β-unsaturated/α-hetero) is 1. The van der Waals surface area contributed by atoms with Crippen LogP contribution < -0.4 is 15.1 Å². The lowest BCUT2D eigenvalue weighted by molar-refractivity contribution is -0.127. The predicted molar refractivity (Wildman–Crippen MR) is 153 cm³/mol. The highest BCUT2D eigenvalue weighted by Crippen LogP contribution is 2.39. The SMILES string of the molecule is O=C(CCCCN1CCCC1=O)c1ccc(N2CCN(c3ccncn3)CC2)c(NC(=O)c2coc(C3CC3)n2)c1. The van der Waals surface area contributed by atoms with Gasteiger partial charge in [0, 0.05) is 69.8 Å². The van der Waals surface area contributed by atoms with E-state index in [-0.39, 0.29) is 23.3 Å². The standard InChI is InChI=1S/C30H35N7O4/c38-26(4-1-2-12-37-13-3-5-28(37)39)22-8-9-25(35-14-16-36(17-15-35)27-10-11-31-20-32-27)23(18-22)33-29(40)24-19-41-30(34-24)21-6-7-21/h8-11,18-21H,1-7,12-17H2,(H,33,40). The average molecular weight is 558 g/mol. The minimum Gasteiger partial charge on any atom is -0.448 e. The molecule has 6 rings (SSSR count). The minimum atomic E-state index is -0.360. The number of piperazine rings is 1. The summed E-state index contributed by atoms with van der Waals surface area (Å²) in [7, 11) is 0. The van der Waals surface area contributed by atoms with Crippen molar-refractivity contribution in [3.8, 4) is 0 Å². The van der Waals surface area contributed by atoms with Gasteiger partial charge in [0.2, 0.25) is 5.91 Å². The summed E-state index contributed by atoms with van der Waals surface area (Å²) in [5.74, 6) is 1.67. The fraction of sp³-hybridized carbons (Fsp3) is 0.467. The first-order valence-electron chi connectivity index (χ1n) is 14.5. The van der Waals surface area contributed by atoms with Crippen LogP contribution in [0.15, 0.2) is 47.5 Å². The van der Waals surface area contributed by atoms with Crippen molar-refractivity contribution in [1.82, 2.24) is 19.9 Å². The summed E-state index contributed by atoms with van der Waals surface area (Å²) in [5, 5.41) is 3.01. The summed E-state index contributed by atoms with van der Waals surface area (Å²) < 4.78 is 5.53. The third-order valence-electron chi connectivity index (χ3n) is 8.01. The average Bonchev–Trinajstić information content (AvgIpc) is 3.59. The van der Waals surface area contributed by atoms with Crippen LogP contribution in [0.25, 0.3) is 0 Å². The monoisotopic (exact) mass is 557 g/mol. The Balaban J connectivity index is 1.14. The molecule has 3 aromatic rings. The number of hydrogen-bond acceptors (Lipinski definition) is 9. The van der Waals surface area contributed by atoms with Crippen LogP contribution in [0.4, 0.5) is 17.2 Å². The van der Waals surface area contributed by atoms with E-state index in [1.54, 1.807) is 18.6 Å². The highest BCUT2D eigenvalue weighted by atomic mass is 16.3. The Morgan fingerprint density at radius 2 is 1.85 bits per heavy atom. The summed E-state index contributed by atoms with van der Waals surface area (Å²) in [6, 6.07) is 7.44. The molecule has 0 spiro atoms. The topological polar surface area (TPSA) is 125 Å². The second-order valence-electron chi connectivity index (χ2n) is 10.9. The molecule has 3 aliphatic rings. The number of oxazole rings is 1. The zero-order valence-corrected chi connectivity index (χ0v) is 23.1. The van der Waals surface area contributed by atoms with Crippen LogP contribution in [0.1, 0.15) is 77.6 Å². The van der Waals surface area contributed by atoms with Crippen molar-refractivity contribution in [3.63, 3.8) is 0 Å². The number of unbranched alkanes of at least 4 members (excludes halogenated alkanes) is 1. The molecule has 4 heterocycles. The predicted octanol–water partition coefficient (Wildman–Crippen LogP) is 3.90. The number of aromatic nitrogens is 3. The number of amides is 2. The van der Waals surface area contributed by atoms with Crippen LogP contribution in [0.5, 0.6) is 0 Å². The zero-order chi connectivity index (χ0) is 28.2. The third-order valence-corrected chi connectivity index (χ3v) is 8.01. The van der Waals surface area contributed by atoms with Gasteiger partial charge in [-0.25, -0.2) is 15.0 Å². The van der Waals surface area contributed by atoms with E-state index in [1.807, 2.05) is 23.1 Å². The molecule has 0 radical (unpaired) electrons. The number of rotatable bonds is 11. The summed E-state index contributed by atoms with van der Waals surface area (Å²) >= 11 is 0. The van der Waals surface area contributed by atoms with Crippen LogP contribution >= 0.6 is 0 Å². The molecule has 1 N–H and O–H groups in total. The first kappa shape index (κ1) is 26.9. The molecular formula is C30H35N7O4. The highest BCUT2D eigenvalue weighted by Gasteiger charge is 2.30. The molecule has 2 aliphatic heterocycles. The summed E-state index contributed by atoms with van der Waals surface area (Å²) in [6.07, 6.45) is 10.2. The molecule has 0 atom stereocenters. The van der Waals surface area contributed by atoms with Crippen molar-refractivity contribution in [2.45, 2.75) is 50.9 Å². The van der Waals surface area contributed by atoms with Gasteiger partial charge in [0.05, 0.1) is 11.4 Å². The van der Waals surface area contributed by atoms with Gasteiger partial charge in [-0.1, -0.05) is 0 Å². The van der Waals surface area contributed by atoms with Crippen molar-refractivity contribution in [2.24, 2.45) is 0 Å². The first-order chi connectivity index (χ1) is 20.0. The smallest absolute Gasteiger partial charge is 0.277 e. The summed E-state index contributed by atoms with van der Waals surface area (Å²) in [6.45, 7) is 4.50. The Hall–Kier alpha value is -4.28. The molecule has 214 valence electrons. The highest BCUT2D eigenvalue weighted by molar-refractivity contribution is 6.06. The van der Waals surface area contributed by atoms with Gasteiger partial charge in [-0.2, -0.15) is 0 Å². The molecule has 1 saturated carbocycles. The molecule has 11 nitrogen and oxygen atoms in total. The summed E-state index contributed by atoms with van der Waals surface area (Å²) in [4.78, 5) is 57.2. The van der Waals surface area contributed by atoms with Crippen molar-refractivity contribution >= 4 is 34.8 Å². The maximum Gasteiger partial charge on any atom is 0.277 e. The maximum atomic E-state index is 13.2. The number of anilines is 3. The van der Waals surface area contributed by atoms with Crippen molar-refractivity contribution in [3.05, 3.63) is 60.2 Å². The maximum absolute atomic E-state index is 13.2. The third kappa shape index (κ3) is 6.39. The summed E-state index contributed by atoms with van der Waals surface area (Å²) in [5.41, 5.74) is 2.23. The van der Waals surface area contributed by atoms with Crippen LogP contribution in [-0.2, 0) is 4.79 Å². The molecule has 2 amide bonds. The minimum absolute atomic E-state index is 0.0193. The molecule has 0 bridgehead atoms. The van der Waals surface area contributed by atoms with Gasteiger partial charge in [-0.3, -0.25) is 14.4 Å². The van der Waals surface area contributed by atoms with Gasteiger partial charge in [0.1, 0.15) is 18.4 Å². The Labute approximate surface area is 238 Å². The number of nitrogens with zero attached hydrogens (tertiary/aromatic N) is 6. The molecular weight excluding hydrogens is 522 g/mol. The van der Waals surface area contributed by atoms with Gasteiger partial charge in [-0.15, -0.1) is 0 Å². The lowest BCUT2D eigenvalue weighted by atomic mass is 10.0. The number of carbonyl (C=O) groups excluding carboxylic acids is 3. The van der Waals surface area contributed by atoms with Crippen LogP contribution in [0.3, 0.4) is 0 Å². The Kier molecular flexibility index (Phi) is 7.93. The van der Waals surface area contributed by atoms with E-state index in [4.69, 9.17) is 4.42 Å². The van der Waals surface area contributed by atoms with E-state index in [2.05, 4.69) is 30.1 Å². The van der Waals surface area contributed by atoms with E-state index >= 15 is 0 Å². The largest absolute Gasteiger partial charge is 0.448 e. The zero-order valence-electron chi connectivity index (χ0n) is 23.1. The van der Waals surface area contributed by atoms with Crippen LogP contribution in [0, 0.1) is 0 Å². The van der Waals surface area contributed by atoms with Crippen LogP contribution in [-0.4, -0.2) is 76.7 Å². The number of benzene rings is 1. The number of ketones is 1. The van der Waals surface area contributed by atoms with E-state index in [1.165, 1.54) is 6.26 Å². The van der Waals surface area contributed by atoms with Gasteiger partial charge in [0.25, 0.3) is 5.91 Å². The second-order valence-corrected chi connectivity index (χ2v) is 10.9. The van der Waals surface area contributed by atoms with E-state index in [0.29, 0.717) is 48.9 Å². The van der Waals surface area contributed by atoms with E-state index < -0.39 is 0 Å². The molecule has 2 aromatic heterocycles. The van der Waals surface area contributed by atoms with Crippen molar-refractivity contribution in [1.29, 1.82) is 0 Å². The lowest BCUT2D eigenvalue weighted by Gasteiger charge is -2.37. The van der Waals surface area contributed by atoms with Gasteiger partial charge < -0.3 is 24.4 Å². The fourth-order valence-corrected chi connectivity index (χ4v) is 5.50. The number of nitrogens with one attached hydrogen (secondary N) is 1. The van der Waals surface area contributed by atoms with Gasteiger partial charge in [0.15, 0.2) is 17.4 Å². The molecule has 0 unspecified atom stereocenters. The normalized spacial score (nSPS) is 17.3. The fourth-order valence-electron chi connectivity index (χ4n) is 5.50. The number of carbonyl (C=O) groups is 3. The second kappa shape index (κ2) is 12.1. The lowest BCUT2D eigenvalue weighted by Crippen LogP contribution is -2.47. The van der Waals surface area contributed by atoms with Crippen molar-refractivity contribution in [2.75, 3.05) is 54.4 Å². The Morgan fingerprint density at radius 3 is 2.59 bits per heavy atom. The molecule has 41 heavy (non-hydrogen) atoms. The van der Waals surface area contributed by atoms with Gasteiger partial charge >= 0.3 is 0 Å². The quantitative estimate of drug-likeness (QED) is 0.276.